The molecule has 0 saturated heterocycles. The SMILES string of the molecule is CC(C)(C)OC(=O)N(CCNS(=O)(=O)c1nc2ccccc2s1)CC(=O)O. The third-order valence-corrected chi connectivity index (χ3v) is 6.03. The number of aromatic nitrogens is 1. The summed E-state index contributed by atoms with van der Waals surface area (Å²) in [6, 6.07) is 7.02. The molecule has 0 fully saturated rings. The number of para-hydroxylation sites is 1. The molecule has 0 aliphatic heterocycles. The number of hydrogen-bond donors (Lipinski definition) is 2. The fourth-order valence-electron chi connectivity index (χ4n) is 2.07. The predicted octanol–water partition coefficient (Wildman–Crippen LogP) is 1.90. The maximum Gasteiger partial charge on any atom is 0.410 e. The van der Waals surface area contributed by atoms with Crippen molar-refractivity contribution < 1.29 is 27.9 Å². The summed E-state index contributed by atoms with van der Waals surface area (Å²) in [6.45, 7) is 4.02. The Morgan fingerprint density at radius 2 is 1.96 bits per heavy atom. The van der Waals surface area contributed by atoms with E-state index >= 15 is 0 Å². The quantitative estimate of drug-likeness (QED) is 0.707. The number of rotatable bonds is 7. The Kier molecular flexibility index (Phi) is 6.39. The number of carbonyl (C=O) groups excluding carboxylic acids is 1. The number of carboxylic acids is 1. The van der Waals surface area contributed by atoms with Crippen molar-refractivity contribution in [2.75, 3.05) is 19.6 Å². The maximum absolute atomic E-state index is 12.4. The number of aliphatic carboxylic acids is 1. The molecule has 0 saturated carbocycles. The minimum absolute atomic E-state index is 0.0919. The van der Waals surface area contributed by atoms with Gasteiger partial charge in [-0.1, -0.05) is 12.1 Å². The second-order valence-electron chi connectivity index (χ2n) is 6.64. The Morgan fingerprint density at radius 3 is 2.56 bits per heavy atom. The minimum Gasteiger partial charge on any atom is -0.480 e. The number of hydrogen-bond acceptors (Lipinski definition) is 7. The topological polar surface area (TPSA) is 126 Å². The molecule has 27 heavy (non-hydrogen) atoms. The van der Waals surface area contributed by atoms with Gasteiger partial charge in [-0.25, -0.2) is 22.9 Å². The fourth-order valence-corrected chi connectivity index (χ4v) is 4.35. The predicted molar refractivity (Wildman–Crippen MR) is 100 cm³/mol. The molecule has 0 aliphatic carbocycles. The van der Waals surface area contributed by atoms with Gasteiger partial charge < -0.3 is 9.84 Å². The molecule has 0 unspecified atom stereocenters. The summed E-state index contributed by atoms with van der Waals surface area (Å²) in [7, 11) is -3.88. The van der Waals surface area contributed by atoms with E-state index in [0.29, 0.717) is 5.52 Å². The van der Waals surface area contributed by atoms with Crippen LogP contribution in [0.25, 0.3) is 10.2 Å². The molecular formula is C16H21N3O6S2. The Bertz CT molecular complexity index is 900. The lowest BCUT2D eigenvalue weighted by Crippen LogP contribution is -2.43. The van der Waals surface area contributed by atoms with Crippen molar-refractivity contribution in [2.24, 2.45) is 0 Å². The average molecular weight is 415 g/mol. The highest BCUT2D eigenvalue weighted by Gasteiger charge is 2.25. The molecule has 1 heterocycles. The second-order valence-corrected chi connectivity index (χ2v) is 9.61. The van der Waals surface area contributed by atoms with Gasteiger partial charge in [0, 0.05) is 13.1 Å². The Hall–Kier alpha value is -2.24. The van der Waals surface area contributed by atoms with Crippen molar-refractivity contribution in [3.8, 4) is 0 Å². The summed E-state index contributed by atoms with van der Waals surface area (Å²) < 4.78 is 32.9. The van der Waals surface area contributed by atoms with Crippen molar-refractivity contribution in [3.05, 3.63) is 24.3 Å². The van der Waals surface area contributed by atoms with Gasteiger partial charge in [-0.3, -0.25) is 9.69 Å². The Morgan fingerprint density at radius 1 is 1.30 bits per heavy atom. The van der Waals surface area contributed by atoms with Gasteiger partial charge in [0.05, 0.1) is 10.2 Å². The van der Waals surface area contributed by atoms with Gasteiger partial charge in [0.15, 0.2) is 0 Å². The van der Waals surface area contributed by atoms with Gasteiger partial charge in [-0.2, -0.15) is 0 Å². The molecule has 0 aliphatic rings. The van der Waals surface area contributed by atoms with Gasteiger partial charge in [-0.15, -0.1) is 11.3 Å². The van der Waals surface area contributed by atoms with Crippen LogP contribution in [0.15, 0.2) is 28.6 Å². The molecule has 0 bridgehead atoms. The zero-order valence-electron chi connectivity index (χ0n) is 15.1. The smallest absolute Gasteiger partial charge is 0.410 e. The largest absolute Gasteiger partial charge is 0.480 e. The van der Waals surface area contributed by atoms with E-state index in [2.05, 4.69) is 9.71 Å². The fraction of sp³-hybridized carbons (Fsp3) is 0.438. The van der Waals surface area contributed by atoms with Crippen LogP contribution in [-0.4, -0.2) is 60.7 Å². The van der Waals surface area contributed by atoms with Crippen LogP contribution in [0.4, 0.5) is 4.79 Å². The van der Waals surface area contributed by atoms with Crippen molar-refractivity contribution in [1.82, 2.24) is 14.6 Å². The Balaban J connectivity index is 2.03. The number of nitrogens with one attached hydrogen (secondary N) is 1. The highest BCUT2D eigenvalue weighted by molar-refractivity contribution is 7.91. The second kappa shape index (κ2) is 8.19. The highest BCUT2D eigenvalue weighted by Crippen LogP contribution is 2.24. The van der Waals surface area contributed by atoms with E-state index in [1.54, 1.807) is 45.0 Å². The molecule has 1 aromatic carbocycles. The van der Waals surface area contributed by atoms with Crippen LogP contribution in [-0.2, 0) is 19.6 Å². The molecule has 11 heteroatoms. The van der Waals surface area contributed by atoms with E-state index in [0.717, 1.165) is 20.9 Å². The lowest BCUT2D eigenvalue weighted by atomic mass is 10.2. The van der Waals surface area contributed by atoms with E-state index in [1.165, 1.54) is 0 Å². The number of nitrogens with zero attached hydrogens (tertiary/aromatic N) is 2. The number of fused-ring (bicyclic) bond motifs is 1. The van der Waals surface area contributed by atoms with E-state index < -0.39 is 34.2 Å². The highest BCUT2D eigenvalue weighted by atomic mass is 32.2. The van der Waals surface area contributed by atoms with Crippen LogP contribution in [0.5, 0.6) is 0 Å². The van der Waals surface area contributed by atoms with Crippen molar-refractivity contribution in [2.45, 2.75) is 30.7 Å². The van der Waals surface area contributed by atoms with Crippen LogP contribution in [0.3, 0.4) is 0 Å². The van der Waals surface area contributed by atoms with Crippen molar-refractivity contribution >= 4 is 43.6 Å². The first kappa shape index (κ1) is 21.1. The van der Waals surface area contributed by atoms with Crippen LogP contribution < -0.4 is 4.72 Å². The number of thiazole rings is 1. The lowest BCUT2D eigenvalue weighted by Gasteiger charge is -2.26. The monoisotopic (exact) mass is 415 g/mol. The molecule has 2 rings (SSSR count). The first-order valence-electron chi connectivity index (χ1n) is 8.03. The van der Waals surface area contributed by atoms with E-state index in [9.17, 15) is 18.0 Å². The van der Waals surface area contributed by atoms with Gasteiger partial charge in [-0.05, 0) is 32.9 Å². The van der Waals surface area contributed by atoms with Crippen LogP contribution >= 0.6 is 11.3 Å². The number of benzene rings is 1. The van der Waals surface area contributed by atoms with Gasteiger partial charge in [0.2, 0.25) is 4.34 Å². The third kappa shape index (κ3) is 6.15. The number of carbonyl (C=O) groups is 2. The maximum atomic E-state index is 12.4. The lowest BCUT2D eigenvalue weighted by molar-refractivity contribution is -0.138. The number of ether oxygens (including phenoxy) is 1. The van der Waals surface area contributed by atoms with E-state index in [4.69, 9.17) is 9.84 Å². The number of amides is 1. The van der Waals surface area contributed by atoms with E-state index in [1.807, 2.05) is 0 Å². The first-order valence-corrected chi connectivity index (χ1v) is 10.3. The van der Waals surface area contributed by atoms with E-state index in [-0.39, 0.29) is 17.4 Å². The summed E-state index contributed by atoms with van der Waals surface area (Å²) >= 11 is 1.03. The molecule has 0 atom stereocenters. The summed E-state index contributed by atoms with van der Waals surface area (Å²) in [4.78, 5) is 28.1. The Labute approximate surface area is 161 Å². The van der Waals surface area contributed by atoms with Crippen LogP contribution in [0, 0.1) is 0 Å². The summed E-state index contributed by atoms with van der Waals surface area (Å²) in [5, 5.41) is 8.95. The molecule has 9 nitrogen and oxygen atoms in total. The number of sulfonamides is 1. The normalized spacial score (nSPS) is 12.1. The molecule has 1 aromatic heterocycles. The summed E-state index contributed by atoms with van der Waals surface area (Å²) in [6.07, 6.45) is -0.830. The molecule has 1 amide bonds. The average Bonchev–Trinajstić information content (AvgIpc) is 2.96. The zero-order chi connectivity index (χ0) is 20.2. The standard InChI is InChI=1S/C16H21N3O6S2/c1-16(2,3)25-15(22)19(10-13(20)21)9-8-17-27(23,24)14-18-11-6-4-5-7-12(11)26-14/h4-7,17H,8-10H2,1-3H3,(H,20,21). The molecule has 2 aromatic rings. The molecule has 0 radical (unpaired) electrons. The molecule has 148 valence electrons. The van der Waals surface area contributed by atoms with Crippen molar-refractivity contribution in [3.63, 3.8) is 0 Å². The number of carboxylic acid groups (broad SMARTS) is 1. The first-order chi connectivity index (χ1) is 12.5. The summed E-state index contributed by atoms with van der Waals surface area (Å²) in [5.74, 6) is -1.23. The molecule has 2 N–H and O–H groups in total. The van der Waals surface area contributed by atoms with Gasteiger partial charge >= 0.3 is 12.1 Å². The molecule has 0 spiro atoms. The van der Waals surface area contributed by atoms with Crippen LogP contribution in [0.2, 0.25) is 0 Å². The van der Waals surface area contributed by atoms with Crippen molar-refractivity contribution in [1.29, 1.82) is 0 Å². The molecular weight excluding hydrogens is 394 g/mol. The van der Waals surface area contributed by atoms with Crippen LogP contribution in [0.1, 0.15) is 20.8 Å². The zero-order valence-corrected chi connectivity index (χ0v) is 16.8. The van der Waals surface area contributed by atoms with Gasteiger partial charge in [0.1, 0.15) is 12.1 Å². The minimum atomic E-state index is -3.88. The summed E-state index contributed by atoms with van der Waals surface area (Å²) in [5.41, 5.74) is -0.224. The third-order valence-electron chi connectivity index (χ3n) is 3.16. The van der Waals surface area contributed by atoms with Gasteiger partial charge in [0.25, 0.3) is 10.0 Å².